The van der Waals surface area contributed by atoms with Crippen molar-refractivity contribution in [2.24, 2.45) is 5.92 Å². The molecule has 1 amide bonds. The molecule has 0 aromatic carbocycles. The smallest absolute Gasteiger partial charge is 0.251 e. The van der Waals surface area contributed by atoms with Crippen LogP contribution in [-0.4, -0.2) is 37.8 Å². The Morgan fingerprint density at radius 3 is 3.28 bits per heavy atom. The highest BCUT2D eigenvalue weighted by Crippen LogP contribution is 2.15. The molecular weight excluding hydrogens is 232 g/mol. The summed E-state index contributed by atoms with van der Waals surface area (Å²) in [5.41, 5.74) is 0.574. The van der Waals surface area contributed by atoms with Crippen molar-refractivity contribution in [1.82, 2.24) is 10.3 Å². The van der Waals surface area contributed by atoms with Gasteiger partial charge in [0, 0.05) is 37.6 Å². The predicted octanol–water partition coefficient (Wildman–Crippen LogP) is 1.25. The molecule has 0 bridgehead atoms. The number of hydrogen-bond acceptors (Lipinski definition) is 4. The van der Waals surface area contributed by atoms with Gasteiger partial charge in [0.1, 0.15) is 0 Å². The van der Waals surface area contributed by atoms with E-state index < -0.39 is 0 Å². The molecule has 1 N–H and O–H groups in total. The first kappa shape index (κ1) is 12.8. The number of aromatic nitrogens is 1. The van der Waals surface area contributed by atoms with Crippen molar-refractivity contribution < 1.29 is 14.3 Å². The zero-order valence-electron chi connectivity index (χ0n) is 10.5. The van der Waals surface area contributed by atoms with Crippen LogP contribution in [0.5, 0.6) is 5.88 Å². The van der Waals surface area contributed by atoms with Gasteiger partial charge in [-0.15, -0.1) is 0 Å². The highest BCUT2D eigenvalue weighted by atomic mass is 16.5. The van der Waals surface area contributed by atoms with Gasteiger partial charge in [-0.05, 0) is 24.8 Å². The van der Waals surface area contributed by atoms with Gasteiger partial charge in [-0.2, -0.15) is 0 Å². The molecule has 1 aliphatic rings. The van der Waals surface area contributed by atoms with Crippen LogP contribution in [0.3, 0.4) is 0 Å². The minimum atomic E-state index is -0.0883. The summed E-state index contributed by atoms with van der Waals surface area (Å²) in [6.07, 6.45) is 3.63. The number of pyridine rings is 1. The van der Waals surface area contributed by atoms with E-state index in [2.05, 4.69) is 10.3 Å². The fourth-order valence-electron chi connectivity index (χ4n) is 1.97. The summed E-state index contributed by atoms with van der Waals surface area (Å²) in [6.45, 7) is 2.34. The van der Waals surface area contributed by atoms with Crippen molar-refractivity contribution in [3.05, 3.63) is 23.9 Å². The van der Waals surface area contributed by atoms with Gasteiger partial charge in [-0.3, -0.25) is 4.79 Å². The number of ether oxygens (including phenoxy) is 2. The molecule has 18 heavy (non-hydrogen) atoms. The molecule has 1 aromatic heterocycles. The first-order chi connectivity index (χ1) is 8.79. The molecule has 1 saturated heterocycles. The van der Waals surface area contributed by atoms with E-state index in [1.165, 1.54) is 7.11 Å². The molecule has 0 spiro atoms. The summed E-state index contributed by atoms with van der Waals surface area (Å²) in [6, 6.07) is 3.31. The monoisotopic (exact) mass is 250 g/mol. The van der Waals surface area contributed by atoms with Gasteiger partial charge < -0.3 is 14.8 Å². The Bertz CT molecular complexity index is 403. The Labute approximate surface area is 107 Å². The van der Waals surface area contributed by atoms with Crippen LogP contribution in [0.4, 0.5) is 0 Å². The van der Waals surface area contributed by atoms with Gasteiger partial charge in [0.25, 0.3) is 5.91 Å². The summed E-state index contributed by atoms with van der Waals surface area (Å²) in [4.78, 5) is 15.8. The van der Waals surface area contributed by atoms with Gasteiger partial charge in [0.05, 0.1) is 7.11 Å². The lowest BCUT2D eigenvalue weighted by molar-refractivity contribution is 0.0950. The van der Waals surface area contributed by atoms with Gasteiger partial charge in [-0.25, -0.2) is 4.98 Å². The summed E-state index contributed by atoms with van der Waals surface area (Å²) in [5.74, 6) is 0.943. The lowest BCUT2D eigenvalue weighted by atomic mass is 10.1. The van der Waals surface area contributed by atoms with Crippen LogP contribution in [-0.2, 0) is 4.74 Å². The van der Waals surface area contributed by atoms with Crippen LogP contribution in [0.1, 0.15) is 23.2 Å². The Kier molecular flexibility index (Phi) is 4.52. The molecule has 1 aromatic rings. The minimum absolute atomic E-state index is 0.0883. The van der Waals surface area contributed by atoms with Gasteiger partial charge >= 0.3 is 0 Å². The van der Waals surface area contributed by atoms with E-state index in [1.807, 2.05) is 0 Å². The van der Waals surface area contributed by atoms with Crippen LogP contribution >= 0.6 is 0 Å². The minimum Gasteiger partial charge on any atom is -0.481 e. The third-order valence-electron chi connectivity index (χ3n) is 3.07. The number of amides is 1. The van der Waals surface area contributed by atoms with Crippen LogP contribution in [0, 0.1) is 5.92 Å². The van der Waals surface area contributed by atoms with Crippen molar-refractivity contribution >= 4 is 5.91 Å². The quantitative estimate of drug-likeness (QED) is 0.854. The van der Waals surface area contributed by atoms with E-state index in [-0.39, 0.29) is 5.91 Å². The Morgan fingerprint density at radius 1 is 1.67 bits per heavy atom. The molecule has 1 fully saturated rings. The molecule has 0 aliphatic carbocycles. The maximum absolute atomic E-state index is 11.9. The Hall–Kier alpha value is -1.62. The lowest BCUT2D eigenvalue weighted by Crippen LogP contribution is -2.26. The molecule has 0 radical (unpaired) electrons. The maximum atomic E-state index is 11.9. The molecule has 2 rings (SSSR count). The second-order valence-electron chi connectivity index (χ2n) is 4.36. The largest absolute Gasteiger partial charge is 0.481 e. The van der Waals surface area contributed by atoms with Gasteiger partial charge in [0.15, 0.2) is 0 Å². The zero-order chi connectivity index (χ0) is 12.8. The van der Waals surface area contributed by atoms with E-state index >= 15 is 0 Å². The van der Waals surface area contributed by atoms with Crippen molar-refractivity contribution in [1.29, 1.82) is 0 Å². The first-order valence-electron chi connectivity index (χ1n) is 6.15. The number of nitrogens with zero attached hydrogens (tertiary/aromatic N) is 1. The van der Waals surface area contributed by atoms with Crippen molar-refractivity contribution in [2.75, 3.05) is 26.9 Å². The number of methoxy groups -OCH3 is 1. The Morgan fingerprint density at radius 2 is 2.56 bits per heavy atom. The summed E-state index contributed by atoms with van der Waals surface area (Å²) in [7, 11) is 1.53. The standard InChI is InChI=1S/C13H18N2O3/c1-17-12-8-11(3-6-14-12)13(16)15-5-2-10-4-7-18-9-10/h3,6,8,10H,2,4-5,7,9H2,1H3,(H,15,16)/t10-/m1/s1. The molecular formula is C13H18N2O3. The van der Waals surface area contributed by atoms with Crippen LogP contribution in [0.15, 0.2) is 18.3 Å². The van der Waals surface area contributed by atoms with Crippen LogP contribution in [0.25, 0.3) is 0 Å². The average Bonchev–Trinajstić information content (AvgIpc) is 2.92. The fourth-order valence-corrected chi connectivity index (χ4v) is 1.97. The second-order valence-corrected chi connectivity index (χ2v) is 4.36. The lowest BCUT2D eigenvalue weighted by Gasteiger charge is -2.09. The predicted molar refractivity (Wildman–Crippen MR) is 66.7 cm³/mol. The molecule has 0 saturated carbocycles. The second kappa shape index (κ2) is 6.35. The van der Waals surface area contributed by atoms with Gasteiger partial charge in [-0.1, -0.05) is 0 Å². The highest BCUT2D eigenvalue weighted by molar-refractivity contribution is 5.94. The number of nitrogens with one attached hydrogen (secondary N) is 1. The SMILES string of the molecule is COc1cc(C(=O)NCC[C@@H]2CCOC2)ccn1. The summed E-state index contributed by atoms with van der Waals surface area (Å²) < 4.78 is 10.3. The highest BCUT2D eigenvalue weighted by Gasteiger charge is 2.15. The molecule has 5 heteroatoms. The van der Waals surface area contributed by atoms with Crippen LogP contribution < -0.4 is 10.1 Å². The average molecular weight is 250 g/mol. The van der Waals surface area contributed by atoms with Crippen molar-refractivity contribution in [3.63, 3.8) is 0 Å². The van der Waals surface area contributed by atoms with E-state index in [0.29, 0.717) is 23.9 Å². The van der Waals surface area contributed by atoms with E-state index in [9.17, 15) is 4.79 Å². The van der Waals surface area contributed by atoms with E-state index in [4.69, 9.17) is 9.47 Å². The summed E-state index contributed by atoms with van der Waals surface area (Å²) in [5, 5.41) is 2.90. The normalized spacial score (nSPS) is 18.6. The zero-order valence-corrected chi connectivity index (χ0v) is 10.5. The first-order valence-corrected chi connectivity index (χ1v) is 6.15. The van der Waals surface area contributed by atoms with Crippen molar-refractivity contribution in [2.45, 2.75) is 12.8 Å². The molecule has 1 aliphatic heterocycles. The number of carbonyl (C=O) groups is 1. The van der Waals surface area contributed by atoms with Crippen LogP contribution in [0.2, 0.25) is 0 Å². The van der Waals surface area contributed by atoms with E-state index in [0.717, 1.165) is 26.1 Å². The molecule has 5 nitrogen and oxygen atoms in total. The molecule has 98 valence electrons. The van der Waals surface area contributed by atoms with E-state index in [1.54, 1.807) is 18.3 Å². The molecule has 2 heterocycles. The third-order valence-corrected chi connectivity index (χ3v) is 3.07. The number of carbonyl (C=O) groups excluding carboxylic acids is 1. The van der Waals surface area contributed by atoms with Crippen molar-refractivity contribution in [3.8, 4) is 5.88 Å². The molecule has 0 unspecified atom stereocenters. The third kappa shape index (κ3) is 3.43. The topological polar surface area (TPSA) is 60.5 Å². The maximum Gasteiger partial charge on any atom is 0.251 e. The Balaban J connectivity index is 1.79. The van der Waals surface area contributed by atoms with Gasteiger partial charge in [0.2, 0.25) is 5.88 Å². The fraction of sp³-hybridized carbons (Fsp3) is 0.538. The number of hydrogen-bond donors (Lipinski definition) is 1. The molecule has 1 atom stereocenters. The summed E-state index contributed by atoms with van der Waals surface area (Å²) >= 11 is 0. The number of rotatable bonds is 5.